The number of hydrogen-bond acceptors (Lipinski definition) is 3. The molecule has 0 radical (unpaired) electrons. The van der Waals surface area contributed by atoms with Crippen LogP contribution in [0.3, 0.4) is 0 Å². The topological polar surface area (TPSA) is 83.4 Å². The maximum Gasteiger partial charge on any atom is 0.314 e. The number of pyridine rings is 1. The zero-order chi connectivity index (χ0) is 24.1. The third-order valence-corrected chi connectivity index (χ3v) is 8.07. The van der Waals surface area contributed by atoms with Gasteiger partial charge in [-0.15, -0.1) is 0 Å². The van der Waals surface area contributed by atoms with E-state index in [1.165, 1.54) is 35.9 Å². The number of benzene rings is 2. The van der Waals surface area contributed by atoms with Crippen molar-refractivity contribution in [2.75, 3.05) is 10.0 Å². The van der Waals surface area contributed by atoms with Gasteiger partial charge in [0.15, 0.2) is 16.9 Å². The number of halogens is 4. The number of aryl methyl sites for hydroxylation is 1. The predicted octanol–water partition coefficient (Wildman–Crippen LogP) is 5.31. The van der Waals surface area contributed by atoms with E-state index in [1.54, 1.807) is 13.0 Å². The molecule has 6 nitrogen and oxygen atoms in total. The lowest BCUT2D eigenvalue weighted by atomic mass is 10.1. The minimum absolute atomic E-state index is 0.0906. The third kappa shape index (κ3) is 4.80. The Hall–Kier alpha value is -2.38. The molecular weight excluding hydrogens is 570 g/mol. The van der Waals surface area contributed by atoms with E-state index >= 15 is 0 Å². The average Bonchev–Trinajstić information content (AvgIpc) is 3.54. The van der Waals surface area contributed by atoms with Gasteiger partial charge in [0.2, 0.25) is 0 Å². The molecule has 174 valence electrons. The van der Waals surface area contributed by atoms with Gasteiger partial charge in [0.1, 0.15) is 17.3 Å². The van der Waals surface area contributed by atoms with Crippen molar-refractivity contribution in [3.63, 3.8) is 0 Å². The Balaban J connectivity index is 1.65. The first-order valence-corrected chi connectivity index (χ1v) is 12.5. The highest BCUT2D eigenvalue weighted by atomic mass is 127. The van der Waals surface area contributed by atoms with Crippen molar-refractivity contribution in [2.45, 2.75) is 24.5 Å². The molecule has 0 spiro atoms. The molecule has 1 saturated carbocycles. The predicted molar refractivity (Wildman–Crippen MR) is 131 cm³/mol. The summed E-state index contributed by atoms with van der Waals surface area (Å²) in [5.74, 6) is -2.87. The number of rotatable bonds is 6. The van der Waals surface area contributed by atoms with Crippen molar-refractivity contribution < 1.29 is 21.9 Å². The summed E-state index contributed by atoms with van der Waals surface area (Å²) in [5, 5.41) is 2.09. The van der Waals surface area contributed by atoms with Crippen LogP contribution in [-0.4, -0.2) is 14.4 Å². The molecule has 3 unspecified atom stereocenters. The van der Waals surface area contributed by atoms with Crippen LogP contribution in [0.1, 0.15) is 23.5 Å². The quantitative estimate of drug-likeness (QED) is 0.269. The van der Waals surface area contributed by atoms with Crippen LogP contribution in [0.5, 0.6) is 0 Å². The highest BCUT2D eigenvalue weighted by molar-refractivity contribution is 14.1. The molecule has 0 bridgehead atoms. The summed E-state index contributed by atoms with van der Waals surface area (Å²) in [6.07, 6.45) is 0.298. The van der Waals surface area contributed by atoms with Crippen LogP contribution in [0.25, 0.3) is 0 Å². The van der Waals surface area contributed by atoms with Gasteiger partial charge in [-0.3, -0.25) is 9.36 Å². The number of anilines is 3. The van der Waals surface area contributed by atoms with Gasteiger partial charge in [0.05, 0.1) is 5.69 Å². The lowest BCUT2D eigenvalue weighted by Crippen LogP contribution is -2.29. The summed E-state index contributed by atoms with van der Waals surface area (Å²) in [4.78, 5) is 12.5. The van der Waals surface area contributed by atoms with E-state index in [4.69, 9.17) is 0 Å². The van der Waals surface area contributed by atoms with E-state index in [1.807, 2.05) is 22.6 Å². The average molecular weight is 590 g/mol. The highest BCUT2D eigenvalue weighted by Gasteiger charge is 2.58. The molecule has 0 aliphatic heterocycles. The molecule has 1 heterocycles. The highest BCUT2D eigenvalue weighted by Crippen LogP contribution is 2.48. The van der Waals surface area contributed by atoms with E-state index < -0.39 is 39.0 Å². The smallest absolute Gasteiger partial charge is 0.314 e. The van der Waals surface area contributed by atoms with E-state index in [2.05, 4.69) is 10.0 Å². The van der Waals surface area contributed by atoms with E-state index in [9.17, 15) is 26.7 Å². The molecule has 33 heavy (non-hydrogen) atoms. The molecule has 3 aromatic rings. The molecule has 2 aromatic carbocycles. The lowest BCUT2D eigenvalue weighted by Gasteiger charge is -2.18. The molecular formula is C22H20F3IN3O3S+. The number of nitrogens with one attached hydrogen (secondary N) is 2. The molecule has 1 aliphatic carbocycles. The second-order valence-electron chi connectivity index (χ2n) is 7.93. The summed E-state index contributed by atoms with van der Waals surface area (Å²) in [6, 6.07) is 9.31. The molecule has 1 aliphatic rings. The van der Waals surface area contributed by atoms with Gasteiger partial charge in [-0.25, -0.2) is 13.2 Å². The monoisotopic (exact) mass is 590 g/mol. The van der Waals surface area contributed by atoms with Crippen LogP contribution >= 0.6 is 22.6 Å². The first kappa shape index (κ1) is 23.8. The van der Waals surface area contributed by atoms with Crippen LogP contribution in [0.2, 0.25) is 0 Å². The van der Waals surface area contributed by atoms with Crippen molar-refractivity contribution in [1.29, 1.82) is 0 Å². The minimum atomic E-state index is -3.70. The molecule has 4 rings (SSSR count). The van der Waals surface area contributed by atoms with Crippen LogP contribution in [-0.2, 0) is 21.7 Å². The van der Waals surface area contributed by atoms with Crippen molar-refractivity contribution in [3.8, 4) is 0 Å². The normalized spacial score (nSPS) is 19.1. The fourth-order valence-electron chi connectivity index (χ4n) is 3.69. The maximum absolute atomic E-state index is 14.4. The summed E-state index contributed by atoms with van der Waals surface area (Å²) in [7, 11) is -2.24. The minimum Gasteiger partial charge on any atom is -0.337 e. The zero-order valence-electron chi connectivity index (χ0n) is 17.5. The van der Waals surface area contributed by atoms with Gasteiger partial charge < -0.3 is 5.32 Å². The van der Waals surface area contributed by atoms with Crippen LogP contribution in [0.4, 0.5) is 30.4 Å². The number of nitrogens with zero attached hydrogens (tertiary/aromatic N) is 1. The van der Waals surface area contributed by atoms with Gasteiger partial charge in [-0.1, -0.05) is 6.07 Å². The Kier molecular flexibility index (Phi) is 6.31. The van der Waals surface area contributed by atoms with Crippen molar-refractivity contribution >= 4 is 50.2 Å². The zero-order valence-corrected chi connectivity index (χ0v) is 20.5. The van der Waals surface area contributed by atoms with Crippen LogP contribution in [0, 0.1) is 27.9 Å². The van der Waals surface area contributed by atoms with Crippen molar-refractivity contribution in [1.82, 2.24) is 4.57 Å². The number of aromatic nitrogens is 1. The summed E-state index contributed by atoms with van der Waals surface area (Å²) in [6.45, 7) is 1.56. The molecule has 1 fully saturated rings. The molecule has 1 aromatic heterocycles. The third-order valence-electron chi connectivity index (χ3n) is 5.55. The Bertz CT molecular complexity index is 1360. The number of hydrogen-bond donors (Lipinski definition) is 3. The van der Waals surface area contributed by atoms with Gasteiger partial charge in [-0.05, 0) is 75.7 Å². The van der Waals surface area contributed by atoms with E-state index in [0.29, 0.717) is 21.1 Å². The Morgan fingerprint density at radius 1 is 1.06 bits per heavy atom. The fourth-order valence-corrected chi connectivity index (χ4v) is 5.84. The SMILES string of the molecule is Cc1cc(N[S+](=O)(O)C2CC2c2ccc(F)c(F)c2)c(Nc2ccc(I)cc2F)n(C)c1=O. The van der Waals surface area contributed by atoms with Crippen molar-refractivity contribution in [3.05, 3.63) is 85.0 Å². The van der Waals surface area contributed by atoms with Gasteiger partial charge >= 0.3 is 10.4 Å². The molecule has 11 heteroatoms. The summed E-state index contributed by atoms with van der Waals surface area (Å²) < 4.78 is 69.7. The first-order chi connectivity index (χ1) is 15.5. The van der Waals surface area contributed by atoms with E-state index in [-0.39, 0.29) is 22.8 Å². The first-order valence-electron chi connectivity index (χ1n) is 9.89. The van der Waals surface area contributed by atoms with E-state index in [0.717, 1.165) is 12.1 Å². The molecule has 0 amide bonds. The molecule has 0 saturated heterocycles. The van der Waals surface area contributed by atoms with Crippen LogP contribution in [0.15, 0.2) is 47.3 Å². The maximum atomic E-state index is 14.4. The van der Waals surface area contributed by atoms with Crippen molar-refractivity contribution in [2.24, 2.45) is 7.05 Å². The van der Waals surface area contributed by atoms with Crippen LogP contribution < -0.4 is 15.6 Å². The summed E-state index contributed by atoms with van der Waals surface area (Å²) in [5.41, 5.74) is 0.614. The van der Waals surface area contributed by atoms with Gasteiger partial charge in [0.25, 0.3) is 5.56 Å². The largest absolute Gasteiger partial charge is 0.337 e. The Morgan fingerprint density at radius 2 is 1.79 bits per heavy atom. The fraction of sp³-hybridized carbons (Fsp3) is 0.227. The Labute approximate surface area is 202 Å². The Morgan fingerprint density at radius 3 is 2.45 bits per heavy atom. The summed E-state index contributed by atoms with van der Waals surface area (Å²) >= 11 is 1.97. The second kappa shape index (κ2) is 8.76. The van der Waals surface area contributed by atoms with Gasteiger partial charge in [0, 0.05) is 28.5 Å². The second-order valence-corrected chi connectivity index (χ2v) is 11.1. The van der Waals surface area contributed by atoms with Gasteiger partial charge in [-0.2, -0.15) is 9.27 Å². The molecule has 3 N–H and O–H groups in total. The molecule has 3 atom stereocenters. The standard InChI is InChI=1S/C22H19F3IN3O3S/c1-11-7-19(21(29(2)22(11)30)27-18-6-4-13(26)9-17(18)25)28-33(31,32)20-10-14(20)12-3-5-15(23)16(24)8-12/h3-9,14,20H,10H2,1-2H3,(H2-,27,28,30,31,32)/p+1. The lowest BCUT2D eigenvalue weighted by molar-refractivity contribution is 0.500.